The number of imide groups is 1. The SMILES string of the molecule is CCCC(=O)N(C=O)c1c[c-]c(N)cc1.[Y]. The third-order valence-electron chi connectivity index (χ3n) is 1.94. The summed E-state index contributed by atoms with van der Waals surface area (Å²) in [5.74, 6) is -0.217. The fraction of sp³-hybridized carbons (Fsp3) is 0.273. The van der Waals surface area contributed by atoms with E-state index in [2.05, 4.69) is 6.07 Å². The van der Waals surface area contributed by atoms with Gasteiger partial charge in [-0.25, -0.2) is 0 Å². The quantitative estimate of drug-likeness (QED) is 0.518. The monoisotopic (exact) mass is 294 g/mol. The Kier molecular flexibility index (Phi) is 7.18. The first kappa shape index (κ1) is 15.3. The van der Waals surface area contributed by atoms with Gasteiger partial charge in [0.15, 0.2) is 0 Å². The largest absolute Gasteiger partial charge is 0.420 e. The van der Waals surface area contributed by atoms with Crippen molar-refractivity contribution in [2.45, 2.75) is 19.8 Å². The maximum Gasteiger partial charge on any atom is 0.222 e. The van der Waals surface area contributed by atoms with Crippen LogP contribution in [0.25, 0.3) is 0 Å². The zero-order chi connectivity index (χ0) is 11.3. The maximum atomic E-state index is 11.5. The van der Waals surface area contributed by atoms with Gasteiger partial charge < -0.3 is 10.6 Å². The molecule has 0 unspecified atom stereocenters. The van der Waals surface area contributed by atoms with Gasteiger partial charge in [-0.15, -0.1) is 12.1 Å². The second-order valence-corrected chi connectivity index (χ2v) is 3.12. The second kappa shape index (κ2) is 7.52. The fourth-order valence-corrected chi connectivity index (χ4v) is 1.18. The molecule has 0 aliphatic rings. The third kappa shape index (κ3) is 4.02. The van der Waals surface area contributed by atoms with E-state index in [0.717, 1.165) is 4.90 Å². The smallest absolute Gasteiger partial charge is 0.222 e. The van der Waals surface area contributed by atoms with E-state index >= 15 is 0 Å². The van der Waals surface area contributed by atoms with E-state index in [4.69, 9.17) is 5.73 Å². The molecule has 2 amide bonds. The van der Waals surface area contributed by atoms with Crippen molar-refractivity contribution in [1.29, 1.82) is 0 Å². The zero-order valence-corrected chi connectivity index (χ0v) is 12.0. The van der Waals surface area contributed by atoms with Crippen LogP contribution in [0.2, 0.25) is 0 Å². The molecule has 0 atom stereocenters. The molecule has 1 aromatic carbocycles. The normalized spacial score (nSPS) is 9.06. The van der Waals surface area contributed by atoms with Gasteiger partial charge in [-0.1, -0.05) is 18.3 Å². The Hall–Kier alpha value is -0.736. The van der Waals surface area contributed by atoms with E-state index in [9.17, 15) is 9.59 Å². The van der Waals surface area contributed by atoms with E-state index < -0.39 is 0 Å². The van der Waals surface area contributed by atoms with Crippen LogP contribution >= 0.6 is 0 Å². The van der Waals surface area contributed by atoms with Crippen LogP contribution in [0.4, 0.5) is 11.4 Å². The van der Waals surface area contributed by atoms with Crippen LogP contribution in [-0.4, -0.2) is 12.3 Å². The molecule has 2 N–H and O–H groups in total. The average Bonchev–Trinajstić information content (AvgIpc) is 2.22. The number of nitrogen functional groups attached to an aromatic ring is 1. The summed E-state index contributed by atoms with van der Waals surface area (Å²) >= 11 is 0. The molecule has 83 valence electrons. The number of nitrogens with two attached hydrogens (primary N) is 1. The summed E-state index contributed by atoms with van der Waals surface area (Å²) < 4.78 is 0. The fourth-order valence-electron chi connectivity index (χ4n) is 1.18. The van der Waals surface area contributed by atoms with Gasteiger partial charge in [-0.05, 0) is 6.42 Å². The maximum absolute atomic E-state index is 11.5. The summed E-state index contributed by atoms with van der Waals surface area (Å²) in [4.78, 5) is 23.3. The molecule has 0 saturated carbocycles. The summed E-state index contributed by atoms with van der Waals surface area (Å²) in [5.41, 5.74) is 6.43. The summed E-state index contributed by atoms with van der Waals surface area (Å²) in [7, 11) is 0. The molecule has 1 rings (SSSR count). The first-order chi connectivity index (χ1) is 7.19. The minimum Gasteiger partial charge on any atom is -0.420 e. The van der Waals surface area contributed by atoms with E-state index in [-0.39, 0.29) is 38.6 Å². The molecule has 5 heteroatoms. The van der Waals surface area contributed by atoms with Crippen molar-refractivity contribution in [3.63, 3.8) is 0 Å². The van der Waals surface area contributed by atoms with Gasteiger partial charge in [0, 0.05) is 39.1 Å². The van der Waals surface area contributed by atoms with Crippen molar-refractivity contribution in [2.75, 3.05) is 10.6 Å². The summed E-state index contributed by atoms with van der Waals surface area (Å²) in [6, 6.07) is 7.48. The first-order valence-corrected chi connectivity index (χ1v) is 4.73. The van der Waals surface area contributed by atoms with Crippen LogP contribution in [0.15, 0.2) is 18.2 Å². The molecule has 0 spiro atoms. The number of amides is 2. The third-order valence-corrected chi connectivity index (χ3v) is 1.94. The number of hydrogen-bond acceptors (Lipinski definition) is 3. The predicted octanol–water partition coefficient (Wildman–Crippen LogP) is 1.36. The average molecular weight is 294 g/mol. The van der Waals surface area contributed by atoms with Crippen LogP contribution in [-0.2, 0) is 42.3 Å². The second-order valence-electron chi connectivity index (χ2n) is 3.12. The van der Waals surface area contributed by atoms with Crippen LogP contribution in [0, 0.1) is 6.07 Å². The molecule has 1 radical (unpaired) electrons. The van der Waals surface area contributed by atoms with Gasteiger partial charge in [0.05, 0.1) is 0 Å². The van der Waals surface area contributed by atoms with Crippen molar-refractivity contribution < 1.29 is 42.3 Å². The zero-order valence-electron chi connectivity index (χ0n) is 9.14. The van der Waals surface area contributed by atoms with Crippen LogP contribution in [0.1, 0.15) is 19.8 Å². The van der Waals surface area contributed by atoms with Crippen molar-refractivity contribution in [3.8, 4) is 0 Å². The van der Waals surface area contributed by atoms with Gasteiger partial charge in [-0.2, -0.15) is 12.1 Å². The number of carbonyl (C=O) groups is 2. The van der Waals surface area contributed by atoms with Gasteiger partial charge >= 0.3 is 0 Å². The Morgan fingerprint density at radius 3 is 2.69 bits per heavy atom. The number of benzene rings is 1. The van der Waals surface area contributed by atoms with Crippen molar-refractivity contribution >= 4 is 23.7 Å². The number of nitrogens with zero attached hydrogens (tertiary/aromatic N) is 1. The topological polar surface area (TPSA) is 63.4 Å². The molecule has 0 saturated heterocycles. The Bertz CT molecular complexity index is 352. The van der Waals surface area contributed by atoms with Gasteiger partial charge in [0.25, 0.3) is 0 Å². The number of anilines is 2. The van der Waals surface area contributed by atoms with E-state index in [0.29, 0.717) is 30.6 Å². The van der Waals surface area contributed by atoms with Crippen LogP contribution in [0.5, 0.6) is 0 Å². The minimum absolute atomic E-state index is 0. The molecule has 16 heavy (non-hydrogen) atoms. The van der Waals surface area contributed by atoms with E-state index in [1.54, 1.807) is 12.1 Å². The summed E-state index contributed by atoms with van der Waals surface area (Å²) in [5, 5.41) is 0. The van der Waals surface area contributed by atoms with Gasteiger partial charge in [-0.3, -0.25) is 9.59 Å². The summed E-state index contributed by atoms with van der Waals surface area (Å²) in [6.07, 6.45) is 1.57. The van der Waals surface area contributed by atoms with Crippen molar-refractivity contribution in [3.05, 3.63) is 24.3 Å². The molecule has 0 aromatic heterocycles. The molecule has 4 nitrogen and oxygen atoms in total. The Balaban J connectivity index is 0.00000225. The predicted molar refractivity (Wildman–Crippen MR) is 58.1 cm³/mol. The van der Waals surface area contributed by atoms with Gasteiger partial charge in [0.2, 0.25) is 12.3 Å². The standard InChI is InChI=1S/C11H13N2O2.Y/c1-2-3-11(15)13(8-14)10-6-4-9(12)5-7-10;/h4,6-8H,2-3,12H2,1H3;/q-1;. The molecular weight excluding hydrogens is 281 g/mol. The molecule has 0 aliphatic heterocycles. The van der Waals surface area contributed by atoms with Crippen LogP contribution < -0.4 is 10.6 Å². The van der Waals surface area contributed by atoms with Gasteiger partial charge in [0.1, 0.15) is 0 Å². The molecule has 0 bridgehead atoms. The molecule has 1 aromatic rings. The molecule has 0 aliphatic carbocycles. The molecule has 0 heterocycles. The Labute approximate surface area is 120 Å². The van der Waals surface area contributed by atoms with Crippen molar-refractivity contribution in [1.82, 2.24) is 0 Å². The Morgan fingerprint density at radius 1 is 1.56 bits per heavy atom. The number of carbonyl (C=O) groups excluding carboxylic acids is 2. The molecule has 0 fully saturated rings. The van der Waals surface area contributed by atoms with Crippen molar-refractivity contribution in [2.24, 2.45) is 0 Å². The van der Waals surface area contributed by atoms with E-state index in [1.807, 2.05) is 6.92 Å². The van der Waals surface area contributed by atoms with Crippen LogP contribution in [0.3, 0.4) is 0 Å². The minimum atomic E-state index is -0.217. The number of rotatable bonds is 4. The Morgan fingerprint density at radius 2 is 2.25 bits per heavy atom. The number of hydrogen-bond donors (Lipinski definition) is 1. The first-order valence-electron chi connectivity index (χ1n) is 4.73. The summed E-state index contributed by atoms with van der Waals surface area (Å²) in [6.45, 7) is 1.88. The van der Waals surface area contributed by atoms with E-state index in [1.165, 1.54) is 6.07 Å². The molecular formula is C11H13N2O2Y-.